The average molecular weight is 173 g/mol. The fraction of sp³-hybridized carbons (Fsp3) is 0.875. The summed E-state index contributed by atoms with van der Waals surface area (Å²) in [6, 6.07) is -0.0171. The second-order valence-corrected chi connectivity index (χ2v) is 3.09. The molecule has 0 fully saturated rings. The van der Waals surface area contributed by atoms with E-state index < -0.39 is 0 Å². The van der Waals surface area contributed by atoms with Gasteiger partial charge in [-0.1, -0.05) is 6.92 Å². The third-order valence-corrected chi connectivity index (χ3v) is 1.43. The van der Waals surface area contributed by atoms with E-state index in [-0.39, 0.29) is 12.1 Å². The summed E-state index contributed by atoms with van der Waals surface area (Å²) in [5.74, 6) is 0. The van der Waals surface area contributed by atoms with Crippen molar-refractivity contribution >= 4 is 6.03 Å². The number of hydrogen-bond acceptors (Lipinski definition) is 2. The minimum Gasteiger partial charge on any atom is -0.338 e. The number of urea groups is 1. The second-order valence-electron chi connectivity index (χ2n) is 3.09. The summed E-state index contributed by atoms with van der Waals surface area (Å²) in [5.41, 5.74) is 5.54. The standard InChI is InChI=1S/C8H19N3O/c1-4-5-10-8(12)11(3)6-7(2)9/h7H,4-6,9H2,1-3H3,(H,10,12). The molecule has 0 rings (SSSR count). The number of nitrogens with two attached hydrogens (primary N) is 1. The van der Waals surface area contributed by atoms with Crippen LogP contribution in [0.25, 0.3) is 0 Å². The minimum absolute atomic E-state index is 0.0300. The highest BCUT2D eigenvalue weighted by Crippen LogP contribution is 1.86. The molecule has 0 aromatic carbocycles. The van der Waals surface area contributed by atoms with Crippen LogP contribution in [0.5, 0.6) is 0 Å². The van der Waals surface area contributed by atoms with Crippen molar-refractivity contribution in [3.8, 4) is 0 Å². The lowest BCUT2D eigenvalue weighted by Gasteiger charge is -2.19. The van der Waals surface area contributed by atoms with Crippen LogP contribution in [0.15, 0.2) is 0 Å². The van der Waals surface area contributed by atoms with Crippen molar-refractivity contribution in [3.05, 3.63) is 0 Å². The highest BCUT2D eigenvalue weighted by Gasteiger charge is 2.07. The molecule has 0 aromatic rings. The predicted octanol–water partition coefficient (Wildman–Crippen LogP) is 0.385. The van der Waals surface area contributed by atoms with Gasteiger partial charge < -0.3 is 16.0 Å². The van der Waals surface area contributed by atoms with Crippen LogP contribution in [0, 0.1) is 0 Å². The smallest absolute Gasteiger partial charge is 0.317 e. The molecule has 0 saturated carbocycles. The minimum atomic E-state index is -0.0471. The summed E-state index contributed by atoms with van der Waals surface area (Å²) in [6.07, 6.45) is 0.956. The zero-order chi connectivity index (χ0) is 9.56. The summed E-state index contributed by atoms with van der Waals surface area (Å²) in [4.78, 5) is 12.8. The van der Waals surface area contributed by atoms with E-state index in [9.17, 15) is 4.79 Å². The van der Waals surface area contributed by atoms with Gasteiger partial charge in [-0.3, -0.25) is 0 Å². The van der Waals surface area contributed by atoms with Crippen LogP contribution in [0.1, 0.15) is 20.3 Å². The molecule has 1 unspecified atom stereocenters. The lowest BCUT2D eigenvalue weighted by Crippen LogP contribution is -2.42. The van der Waals surface area contributed by atoms with Crippen molar-refractivity contribution in [2.45, 2.75) is 26.3 Å². The summed E-state index contributed by atoms with van der Waals surface area (Å²) < 4.78 is 0. The second kappa shape index (κ2) is 5.83. The van der Waals surface area contributed by atoms with Gasteiger partial charge in [0.1, 0.15) is 0 Å². The van der Waals surface area contributed by atoms with Gasteiger partial charge in [0.15, 0.2) is 0 Å². The Morgan fingerprint density at radius 2 is 2.25 bits per heavy atom. The van der Waals surface area contributed by atoms with Gasteiger partial charge in [0.05, 0.1) is 0 Å². The molecule has 0 heterocycles. The normalized spacial score (nSPS) is 12.3. The molecule has 0 aliphatic rings. The molecule has 4 nitrogen and oxygen atoms in total. The van der Waals surface area contributed by atoms with Crippen LogP contribution in [0.2, 0.25) is 0 Å². The maximum atomic E-state index is 11.2. The first-order valence-electron chi connectivity index (χ1n) is 4.32. The molecule has 0 aliphatic carbocycles. The topological polar surface area (TPSA) is 58.4 Å². The first-order chi connectivity index (χ1) is 5.57. The van der Waals surface area contributed by atoms with E-state index in [2.05, 4.69) is 5.32 Å². The number of carbonyl (C=O) groups excluding carboxylic acids is 1. The van der Waals surface area contributed by atoms with E-state index in [1.165, 1.54) is 0 Å². The Labute approximate surface area is 74.1 Å². The van der Waals surface area contributed by atoms with Crippen LogP contribution in [-0.4, -0.2) is 37.1 Å². The highest BCUT2D eigenvalue weighted by atomic mass is 16.2. The van der Waals surface area contributed by atoms with Crippen LogP contribution < -0.4 is 11.1 Å². The number of carbonyl (C=O) groups is 1. The number of likely N-dealkylation sites (N-methyl/N-ethyl adjacent to an activating group) is 1. The summed E-state index contributed by atoms with van der Waals surface area (Å²) in [7, 11) is 1.74. The van der Waals surface area contributed by atoms with Crippen LogP contribution >= 0.6 is 0 Å². The molecule has 12 heavy (non-hydrogen) atoms. The molecule has 3 N–H and O–H groups in total. The first-order valence-corrected chi connectivity index (χ1v) is 4.32. The first kappa shape index (κ1) is 11.2. The van der Waals surface area contributed by atoms with Gasteiger partial charge >= 0.3 is 6.03 Å². The lowest BCUT2D eigenvalue weighted by atomic mass is 10.3. The molecule has 72 valence electrons. The quantitative estimate of drug-likeness (QED) is 0.646. The summed E-state index contributed by atoms with van der Waals surface area (Å²) in [6.45, 7) is 5.22. The van der Waals surface area contributed by atoms with Gasteiger partial charge in [-0.05, 0) is 13.3 Å². The van der Waals surface area contributed by atoms with Gasteiger partial charge in [-0.15, -0.1) is 0 Å². The van der Waals surface area contributed by atoms with E-state index in [1.54, 1.807) is 11.9 Å². The Morgan fingerprint density at radius 3 is 2.67 bits per heavy atom. The van der Waals surface area contributed by atoms with Gasteiger partial charge in [0, 0.05) is 26.2 Å². The zero-order valence-electron chi connectivity index (χ0n) is 8.13. The number of nitrogens with one attached hydrogen (secondary N) is 1. The van der Waals surface area contributed by atoms with Gasteiger partial charge in [0.2, 0.25) is 0 Å². The van der Waals surface area contributed by atoms with E-state index in [0.717, 1.165) is 13.0 Å². The molecular weight excluding hydrogens is 154 g/mol. The number of amides is 2. The van der Waals surface area contributed by atoms with E-state index in [1.807, 2.05) is 13.8 Å². The molecule has 0 spiro atoms. The van der Waals surface area contributed by atoms with E-state index >= 15 is 0 Å². The summed E-state index contributed by atoms with van der Waals surface area (Å²) >= 11 is 0. The largest absolute Gasteiger partial charge is 0.338 e. The molecule has 0 bridgehead atoms. The monoisotopic (exact) mass is 173 g/mol. The van der Waals surface area contributed by atoms with Crippen molar-refractivity contribution in [1.82, 2.24) is 10.2 Å². The molecular formula is C8H19N3O. The molecule has 0 radical (unpaired) electrons. The van der Waals surface area contributed by atoms with Crippen molar-refractivity contribution in [2.24, 2.45) is 5.73 Å². The van der Waals surface area contributed by atoms with Crippen LogP contribution in [-0.2, 0) is 0 Å². The fourth-order valence-corrected chi connectivity index (χ4v) is 0.882. The van der Waals surface area contributed by atoms with E-state index in [0.29, 0.717) is 6.54 Å². The average Bonchev–Trinajstić information content (AvgIpc) is 1.98. The van der Waals surface area contributed by atoms with Crippen LogP contribution in [0.4, 0.5) is 4.79 Å². The zero-order valence-corrected chi connectivity index (χ0v) is 8.13. The SMILES string of the molecule is CCCNC(=O)N(C)CC(C)N. The Morgan fingerprint density at radius 1 is 1.67 bits per heavy atom. The van der Waals surface area contributed by atoms with Crippen LogP contribution in [0.3, 0.4) is 0 Å². The Kier molecular flexibility index (Phi) is 5.45. The number of nitrogens with zero attached hydrogens (tertiary/aromatic N) is 1. The Hall–Kier alpha value is -0.770. The maximum absolute atomic E-state index is 11.2. The molecule has 1 atom stereocenters. The maximum Gasteiger partial charge on any atom is 0.317 e. The van der Waals surface area contributed by atoms with E-state index in [4.69, 9.17) is 5.73 Å². The third kappa shape index (κ3) is 4.96. The molecule has 2 amide bonds. The summed E-state index contributed by atoms with van der Waals surface area (Å²) in [5, 5.41) is 2.77. The van der Waals surface area contributed by atoms with Crippen molar-refractivity contribution in [1.29, 1.82) is 0 Å². The van der Waals surface area contributed by atoms with Crippen molar-refractivity contribution < 1.29 is 4.79 Å². The van der Waals surface area contributed by atoms with Gasteiger partial charge in [-0.2, -0.15) is 0 Å². The fourth-order valence-electron chi connectivity index (χ4n) is 0.882. The van der Waals surface area contributed by atoms with Crippen molar-refractivity contribution in [2.75, 3.05) is 20.1 Å². The van der Waals surface area contributed by atoms with Gasteiger partial charge in [-0.25, -0.2) is 4.79 Å². The molecule has 4 heteroatoms. The number of hydrogen-bond donors (Lipinski definition) is 2. The highest BCUT2D eigenvalue weighted by molar-refractivity contribution is 5.73. The Balaban J connectivity index is 3.61. The number of rotatable bonds is 4. The molecule has 0 saturated heterocycles. The Bertz CT molecular complexity index is 136. The molecule has 0 aliphatic heterocycles. The lowest BCUT2D eigenvalue weighted by molar-refractivity contribution is 0.206. The van der Waals surface area contributed by atoms with Gasteiger partial charge in [0.25, 0.3) is 0 Å². The third-order valence-electron chi connectivity index (χ3n) is 1.43. The molecule has 0 aromatic heterocycles. The predicted molar refractivity (Wildman–Crippen MR) is 50.0 cm³/mol. The van der Waals surface area contributed by atoms with Crippen molar-refractivity contribution in [3.63, 3.8) is 0 Å².